The Morgan fingerprint density at radius 2 is 1.39 bits per heavy atom. The molecule has 28 heavy (non-hydrogen) atoms. The van der Waals surface area contributed by atoms with Crippen LogP contribution in [0, 0.1) is 6.92 Å². The molecule has 147 valence electrons. The summed E-state index contributed by atoms with van der Waals surface area (Å²) in [6, 6.07) is 17.2. The number of allylic oxidation sites excluding steroid dienone is 2. The molecule has 0 fully saturated rings. The summed E-state index contributed by atoms with van der Waals surface area (Å²) in [5, 5.41) is 0. The van der Waals surface area contributed by atoms with E-state index in [4.69, 9.17) is 0 Å². The summed E-state index contributed by atoms with van der Waals surface area (Å²) in [6.45, 7) is 14.7. The van der Waals surface area contributed by atoms with Gasteiger partial charge in [-0.25, -0.2) is 0 Å². The molecule has 1 nitrogen and oxygen atoms in total. The molecule has 0 heterocycles. The third-order valence-corrected chi connectivity index (χ3v) is 6.74. The zero-order valence-electron chi connectivity index (χ0n) is 17.6. The second-order valence-corrected chi connectivity index (χ2v) is 9.43. The maximum atomic E-state index is 3.84. The van der Waals surface area contributed by atoms with Gasteiger partial charge in [-0.05, 0) is 80.8 Å². The van der Waals surface area contributed by atoms with Gasteiger partial charge in [0.2, 0.25) is 0 Å². The first-order valence-electron chi connectivity index (χ1n) is 9.07. The second-order valence-electron chi connectivity index (χ2n) is 6.92. The fraction of sp³-hybridized carbons (Fsp3) is 0.250. The zero-order chi connectivity index (χ0) is 20.0. The summed E-state index contributed by atoms with van der Waals surface area (Å²) >= 11 is 3.58. The minimum atomic E-state index is 0. The van der Waals surface area contributed by atoms with Gasteiger partial charge in [0.15, 0.2) is 0 Å². The standard InChI is InChI=1S/C24H29NS2.V/c1-8-20-13-15-21(16-14-20)23(17(2)3)26-25(7)27-24(18(4)5)22-12-10-9-11-19(22)6;/h8-16H,1H2,2-7H3;. The molecule has 4 heteroatoms. The van der Waals surface area contributed by atoms with E-state index in [9.17, 15) is 0 Å². The van der Waals surface area contributed by atoms with E-state index in [0.717, 1.165) is 5.56 Å². The molecule has 0 aromatic heterocycles. The van der Waals surface area contributed by atoms with E-state index in [2.05, 4.69) is 100 Å². The number of rotatable bonds is 7. The maximum absolute atomic E-state index is 3.84. The van der Waals surface area contributed by atoms with Crippen molar-refractivity contribution in [3.05, 3.63) is 88.5 Å². The monoisotopic (exact) mass is 446 g/mol. The fourth-order valence-corrected chi connectivity index (χ4v) is 4.76. The summed E-state index contributed by atoms with van der Waals surface area (Å²) in [5.41, 5.74) is 7.65. The van der Waals surface area contributed by atoms with Crippen molar-refractivity contribution in [2.24, 2.45) is 0 Å². The van der Waals surface area contributed by atoms with E-state index >= 15 is 0 Å². The summed E-state index contributed by atoms with van der Waals surface area (Å²) in [4.78, 5) is 2.61. The first-order valence-corrected chi connectivity index (χ1v) is 10.6. The minimum Gasteiger partial charge on any atom is -0.189 e. The van der Waals surface area contributed by atoms with Crippen LogP contribution in [-0.2, 0) is 18.6 Å². The Morgan fingerprint density at radius 3 is 1.89 bits per heavy atom. The zero-order valence-corrected chi connectivity index (χ0v) is 20.6. The molecule has 0 aliphatic carbocycles. The maximum Gasteiger partial charge on any atom is 0.0300 e. The Morgan fingerprint density at radius 1 is 0.857 bits per heavy atom. The molecule has 0 aliphatic heterocycles. The van der Waals surface area contributed by atoms with Gasteiger partial charge in [0.05, 0.1) is 0 Å². The van der Waals surface area contributed by atoms with Crippen LogP contribution in [0.15, 0.2) is 66.3 Å². The molecule has 0 saturated heterocycles. The van der Waals surface area contributed by atoms with Gasteiger partial charge >= 0.3 is 0 Å². The number of hydrogen-bond donors (Lipinski definition) is 0. The van der Waals surface area contributed by atoms with Gasteiger partial charge in [-0.1, -0.05) is 72.3 Å². The van der Waals surface area contributed by atoms with Crippen LogP contribution in [0.3, 0.4) is 0 Å². The van der Waals surface area contributed by atoms with Crippen molar-refractivity contribution in [2.45, 2.75) is 34.6 Å². The van der Waals surface area contributed by atoms with Crippen LogP contribution in [0.1, 0.15) is 49.9 Å². The van der Waals surface area contributed by atoms with Crippen LogP contribution in [0.5, 0.6) is 0 Å². The van der Waals surface area contributed by atoms with Crippen LogP contribution in [0.4, 0.5) is 0 Å². The van der Waals surface area contributed by atoms with Crippen molar-refractivity contribution in [2.75, 3.05) is 7.05 Å². The van der Waals surface area contributed by atoms with Crippen molar-refractivity contribution in [1.82, 2.24) is 3.71 Å². The Bertz CT molecular complexity index is 858. The predicted octanol–water partition coefficient (Wildman–Crippen LogP) is 8.07. The average Bonchev–Trinajstić information content (AvgIpc) is 2.64. The third kappa shape index (κ3) is 6.75. The molecule has 0 bridgehead atoms. The molecule has 2 aromatic carbocycles. The van der Waals surface area contributed by atoms with Gasteiger partial charge in [0.1, 0.15) is 0 Å². The molecular weight excluding hydrogens is 417 g/mol. The Balaban J connectivity index is 0.00000392. The van der Waals surface area contributed by atoms with Crippen LogP contribution in [-0.4, -0.2) is 10.8 Å². The number of benzene rings is 2. The first kappa shape index (κ1) is 24.9. The van der Waals surface area contributed by atoms with E-state index in [1.54, 1.807) is 23.9 Å². The van der Waals surface area contributed by atoms with Crippen molar-refractivity contribution in [3.8, 4) is 0 Å². The van der Waals surface area contributed by atoms with Crippen molar-refractivity contribution >= 4 is 39.8 Å². The number of aryl methyl sites for hydroxylation is 1. The summed E-state index contributed by atoms with van der Waals surface area (Å²) in [5.74, 6) is 0. The smallest absolute Gasteiger partial charge is 0.0300 e. The normalized spacial score (nSPS) is 10.2. The van der Waals surface area contributed by atoms with E-state index in [1.807, 2.05) is 6.08 Å². The molecular formula is C24H29NS2V. The van der Waals surface area contributed by atoms with E-state index in [0.29, 0.717) is 0 Å². The fourth-order valence-electron chi connectivity index (χ4n) is 2.72. The Labute approximate surface area is 191 Å². The predicted molar refractivity (Wildman–Crippen MR) is 127 cm³/mol. The van der Waals surface area contributed by atoms with Crippen LogP contribution < -0.4 is 0 Å². The van der Waals surface area contributed by atoms with E-state index < -0.39 is 0 Å². The third-order valence-electron chi connectivity index (χ3n) is 4.15. The van der Waals surface area contributed by atoms with Crippen LogP contribution in [0.25, 0.3) is 15.9 Å². The first-order chi connectivity index (χ1) is 12.8. The van der Waals surface area contributed by atoms with Gasteiger partial charge in [0, 0.05) is 35.4 Å². The average molecular weight is 447 g/mol. The Kier molecular flexibility index (Phi) is 10.5. The summed E-state index contributed by atoms with van der Waals surface area (Å²) < 4.78 is 2.25. The van der Waals surface area contributed by atoms with Crippen molar-refractivity contribution in [3.63, 3.8) is 0 Å². The summed E-state index contributed by atoms with van der Waals surface area (Å²) in [6.07, 6.45) is 1.88. The molecule has 2 rings (SSSR count). The quantitative estimate of drug-likeness (QED) is 0.396. The minimum absolute atomic E-state index is 0. The largest absolute Gasteiger partial charge is 0.189 e. The van der Waals surface area contributed by atoms with Crippen LogP contribution >= 0.6 is 23.9 Å². The number of hydrogen-bond acceptors (Lipinski definition) is 3. The Hall–Kier alpha value is -1.10. The SMILES string of the molecule is C=Cc1ccc(C(SN(C)SC(=C(C)C)c2ccccc2C)=C(C)C)cc1.[V]. The molecule has 0 amide bonds. The topological polar surface area (TPSA) is 3.24 Å². The van der Waals surface area contributed by atoms with Gasteiger partial charge in [-0.2, -0.15) is 3.71 Å². The van der Waals surface area contributed by atoms with Crippen molar-refractivity contribution in [1.29, 1.82) is 0 Å². The molecule has 0 saturated carbocycles. The van der Waals surface area contributed by atoms with E-state index in [-0.39, 0.29) is 18.6 Å². The summed E-state index contributed by atoms with van der Waals surface area (Å²) in [7, 11) is 2.14. The molecule has 0 N–H and O–H groups in total. The molecule has 0 unspecified atom stereocenters. The molecule has 0 spiro atoms. The molecule has 0 aliphatic rings. The molecule has 1 radical (unpaired) electrons. The van der Waals surface area contributed by atoms with Crippen molar-refractivity contribution < 1.29 is 18.6 Å². The molecule has 0 atom stereocenters. The second kappa shape index (κ2) is 11.8. The van der Waals surface area contributed by atoms with Gasteiger partial charge < -0.3 is 0 Å². The van der Waals surface area contributed by atoms with Gasteiger partial charge in [-0.3, -0.25) is 0 Å². The van der Waals surface area contributed by atoms with Gasteiger partial charge in [-0.15, -0.1) is 0 Å². The number of nitrogens with zero attached hydrogens (tertiary/aromatic N) is 1. The van der Waals surface area contributed by atoms with Crippen LogP contribution in [0.2, 0.25) is 0 Å². The van der Waals surface area contributed by atoms with E-state index in [1.165, 1.54) is 37.6 Å². The van der Waals surface area contributed by atoms with Gasteiger partial charge in [0.25, 0.3) is 0 Å². The molecule has 2 aromatic rings.